The topological polar surface area (TPSA) is 114 Å². The van der Waals surface area contributed by atoms with Crippen LogP contribution in [0.25, 0.3) is 0 Å². The Bertz CT molecular complexity index is 435. The fourth-order valence-electron chi connectivity index (χ4n) is 1.49. The van der Waals surface area contributed by atoms with Gasteiger partial charge in [0.1, 0.15) is 18.3 Å². The summed E-state index contributed by atoms with van der Waals surface area (Å²) in [5, 5.41) is 27.9. The molecule has 0 amide bonds. The molecule has 4 atom stereocenters. The summed E-state index contributed by atoms with van der Waals surface area (Å²) in [5.41, 5.74) is -0.676. The summed E-state index contributed by atoms with van der Waals surface area (Å²) < 4.78 is 5.81. The van der Waals surface area contributed by atoms with E-state index in [1.165, 1.54) is 18.5 Å². The van der Waals surface area contributed by atoms with Crippen LogP contribution < -0.4 is 10.5 Å². The van der Waals surface area contributed by atoms with Gasteiger partial charge in [-0.15, -0.1) is 4.73 Å². The number of hydrogen-bond acceptors (Lipinski definition) is 7. The standard InChI is InChI=1S/C9H12N2O6/c12-4-5-6(13)7(14)8(16-5)17-11-3-1-2-10-9(11)15/h1-3,5-8,12-14H,4H2/t5-,6-,7-,8-/m1/s1. The molecule has 1 aliphatic heterocycles. The molecule has 1 aromatic rings. The zero-order valence-electron chi connectivity index (χ0n) is 8.71. The second-order valence-electron chi connectivity index (χ2n) is 3.54. The first-order chi connectivity index (χ1) is 8.13. The molecule has 1 aliphatic rings. The van der Waals surface area contributed by atoms with Gasteiger partial charge in [0.15, 0.2) is 0 Å². The van der Waals surface area contributed by atoms with Crippen LogP contribution in [-0.4, -0.2) is 56.2 Å². The first-order valence-electron chi connectivity index (χ1n) is 4.96. The Morgan fingerprint density at radius 1 is 1.47 bits per heavy atom. The quantitative estimate of drug-likeness (QED) is 0.523. The lowest BCUT2D eigenvalue weighted by Crippen LogP contribution is -2.41. The highest BCUT2D eigenvalue weighted by Gasteiger charge is 2.44. The maximum absolute atomic E-state index is 11.2. The third-order valence-electron chi connectivity index (χ3n) is 2.40. The van der Waals surface area contributed by atoms with E-state index < -0.39 is 36.9 Å². The number of ether oxygens (including phenoxy) is 1. The van der Waals surface area contributed by atoms with Gasteiger partial charge in [-0.2, -0.15) is 4.98 Å². The minimum absolute atomic E-state index is 0.458. The van der Waals surface area contributed by atoms with Gasteiger partial charge < -0.3 is 24.9 Å². The molecule has 0 unspecified atom stereocenters. The lowest BCUT2D eigenvalue weighted by atomic mass is 10.1. The number of aromatic nitrogens is 2. The molecule has 1 saturated heterocycles. The molecule has 94 valence electrons. The van der Waals surface area contributed by atoms with Crippen molar-refractivity contribution in [3.05, 3.63) is 28.9 Å². The van der Waals surface area contributed by atoms with Crippen molar-refractivity contribution in [1.29, 1.82) is 0 Å². The first-order valence-corrected chi connectivity index (χ1v) is 4.96. The SMILES string of the molecule is O=c1ncccn1O[C@H]1O[C@H](CO)[C@@H](O)[C@H]1O. The van der Waals surface area contributed by atoms with Crippen molar-refractivity contribution in [3.63, 3.8) is 0 Å². The van der Waals surface area contributed by atoms with E-state index in [-0.39, 0.29) is 0 Å². The fraction of sp³-hybridized carbons (Fsp3) is 0.556. The minimum atomic E-state index is -1.35. The normalized spacial score (nSPS) is 32.6. The van der Waals surface area contributed by atoms with Crippen LogP contribution in [0, 0.1) is 0 Å². The minimum Gasteiger partial charge on any atom is -0.394 e. The molecule has 17 heavy (non-hydrogen) atoms. The molecular weight excluding hydrogens is 232 g/mol. The Balaban J connectivity index is 2.10. The average Bonchev–Trinajstić information content (AvgIpc) is 2.60. The van der Waals surface area contributed by atoms with Crippen molar-refractivity contribution in [2.75, 3.05) is 6.61 Å². The molecule has 2 heterocycles. The van der Waals surface area contributed by atoms with E-state index in [1.54, 1.807) is 0 Å². The molecular formula is C9H12N2O6. The third kappa shape index (κ3) is 2.29. The zero-order chi connectivity index (χ0) is 12.4. The van der Waals surface area contributed by atoms with Gasteiger partial charge in [0.2, 0.25) is 0 Å². The van der Waals surface area contributed by atoms with Crippen LogP contribution in [0.1, 0.15) is 0 Å². The highest BCUT2D eigenvalue weighted by molar-refractivity contribution is 4.87. The van der Waals surface area contributed by atoms with Gasteiger partial charge in [0.05, 0.1) is 12.8 Å². The molecule has 8 nitrogen and oxygen atoms in total. The third-order valence-corrected chi connectivity index (χ3v) is 2.40. The predicted octanol–water partition coefficient (Wildman–Crippen LogP) is -2.89. The molecule has 0 spiro atoms. The summed E-state index contributed by atoms with van der Waals surface area (Å²) in [4.78, 5) is 19.7. The number of nitrogens with zero attached hydrogens (tertiary/aromatic N) is 2. The van der Waals surface area contributed by atoms with Crippen molar-refractivity contribution in [2.45, 2.75) is 24.6 Å². The van der Waals surface area contributed by atoms with E-state index in [2.05, 4.69) is 4.98 Å². The Hall–Kier alpha value is -1.48. The average molecular weight is 244 g/mol. The molecule has 0 aromatic carbocycles. The van der Waals surface area contributed by atoms with Gasteiger partial charge in [0.25, 0.3) is 6.29 Å². The van der Waals surface area contributed by atoms with Gasteiger partial charge >= 0.3 is 5.69 Å². The van der Waals surface area contributed by atoms with Crippen molar-refractivity contribution in [2.24, 2.45) is 0 Å². The van der Waals surface area contributed by atoms with Crippen molar-refractivity contribution >= 4 is 0 Å². The van der Waals surface area contributed by atoms with Gasteiger partial charge in [0, 0.05) is 6.20 Å². The molecule has 3 N–H and O–H groups in total. The fourth-order valence-corrected chi connectivity index (χ4v) is 1.49. The molecule has 1 aromatic heterocycles. The van der Waals surface area contributed by atoms with Crippen LogP contribution in [-0.2, 0) is 4.74 Å². The van der Waals surface area contributed by atoms with Crippen LogP contribution in [0.5, 0.6) is 0 Å². The Kier molecular flexibility index (Phi) is 3.38. The largest absolute Gasteiger partial charge is 0.394 e. The number of rotatable bonds is 3. The van der Waals surface area contributed by atoms with E-state index >= 15 is 0 Å². The van der Waals surface area contributed by atoms with Crippen LogP contribution in [0.15, 0.2) is 23.3 Å². The van der Waals surface area contributed by atoms with Gasteiger partial charge in [-0.05, 0) is 6.07 Å². The van der Waals surface area contributed by atoms with E-state index in [1.807, 2.05) is 0 Å². The van der Waals surface area contributed by atoms with E-state index in [4.69, 9.17) is 14.7 Å². The van der Waals surface area contributed by atoms with Crippen molar-refractivity contribution in [1.82, 2.24) is 9.71 Å². The van der Waals surface area contributed by atoms with Gasteiger partial charge in [-0.1, -0.05) is 0 Å². The Morgan fingerprint density at radius 3 is 2.82 bits per heavy atom. The van der Waals surface area contributed by atoms with Gasteiger partial charge in [-0.25, -0.2) is 4.79 Å². The van der Waals surface area contributed by atoms with E-state index in [9.17, 15) is 15.0 Å². The van der Waals surface area contributed by atoms with Crippen molar-refractivity contribution in [3.8, 4) is 0 Å². The smallest absolute Gasteiger partial charge is 0.380 e. The van der Waals surface area contributed by atoms with E-state index in [0.717, 1.165) is 4.73 Å². The van der Waals surface area contributed by atoms with Crippen LogP contribution >= 0.6 is 0 Å². The maximum Gasteiger partial charge on any atom is 0.380 e. The van der Waals surface area contributed by atoms with Crippen LogP contribution in [0.2, 0.25) is 0 Å². The molecule has 0 aliphatic carbocycles. The molecule has 0 bridgehead atoms. The second kappa shape index (κ2) is 4.80. The summed E-state index contributed by atoms with van der Waals surface area (Å²) in [6.07, 6.45) is -2.20. The Labute approximate surface area is 95.6 Å². The first kappa shape index (κ1) is 12.0. The predicted molar refractivity (Wildman–Crippen MR) is 52.8 cm³/mol. The van der Waals surface area contributed by atoms with Crippen LogP contribution in [0.3, 0.4) is 0 Å². The lowest BCUT2D eigenvalue weighted by Gasteiger charge is -2.16. The van der Waals surface area contributed by atoms with E-state index in [0.29, 0.717) is 0 Å². The highest BCUT2D eigenvalue weighted by atomic mass is 16.8. The summed E-state index contributed by atoms with van der Waals surface area (Å²) >= 11 is 0. The summed E-state index contributed by atoms with van der Waals surface area (Å²) in [6.45, 7) is -0.458. The molecule has 2 rings (SSSR count). The second-order valence-corrected chi connectivity index (χ2v) is 3.54. The number of aliphatic hydroxyl groups excluding tert-OH is 3. The summed E-state index contributed by atoms with van der Waals surface area (Å²) in [5.74, 6) is 0. The summed E-state index contributed by atoms with van der Waals surface area (Å²) in [7, 11) is 0. The van der Waals surface area contributed by atoms with Gasteiger partial charge in [-0.3, -0.25) is 0 Å². The molecule has 8 heteroatoms. The maximum atomic E-state index is 11.2. The monoisotopic (exact) mass is 244 g/mol. The molecule has 0 radical (unpaired) electrons. The zero-order valence-corrected chi connectivity index (χ0v) is 8.71. The molecule has 0 saturated carbocycles. The number of aliphatic hydroxyl groups is 3. The molecule has 1 fully saturated rings. The summed E-state index contributed by atoms with van der Waals surface area (Å²) in [6, 6.07) is 1.46. The van der Waals surface area contributed by atoms with Crippen molar-refractivity contribution < 1.29 is 24.9 Å². The number of hydrogen-bond donors (Lipinski definition) is 3. The Morgan fingerprint density at radius 2 is 2.24 bits per heavy atom. The van der Waals surface area contributed by atoms with Crippen LogP contribution in [0.4, 0.5) is 0 Å². The highest BCUT2D eigenvalue weighted by Crippen LogP contribution is 2.19. The lowest BCUT2D eigenvalue weighted by molar-refractivity contribution is -0.174.